The maximum Gasteiger partial charge on any atom is 0.329 e. The molecule has 1 atom stereocenters. The van der Waals surface area contributed by atoms with Gasteiger partial charge in [-0.25, -0.2) is 9.69 Å². The first-order valence-corrected chi connectivity index (χ1v) is 6.37. The molecule has 0 unspecified atom stereocenters. The van der Waals surface area contributed by atoms with Crippen LogP contribution < -0.4 is 16.0 Å². The fourth-order valence-electron chi connectivity index (χ4n) is 2.23. The lowest BCUT2D eigenvalue weighted by Gasteiger charge is -2.15. The Kier molecular flexibility index (Phi) is 3.48. The van der Waals surface area contributed by atoms with Crippen LogP contribution in [0.1, 0.15) is 29.8 Å². The van der Waals surface area contributed by atoms with Crippen LogP contribution in [0, 0.1) is 12.8 Å². The van der Waals surface area contributed by atoms with Gasteiger partial charge < -0.3 is 11.1 Å². The molecule has 1 heterocycles. The molecule has 2 rings (SSSR count). The third-order valence-corrected chi connectivity index (χ3v) is 3.24. The normalized spacial score (nSPS) is 18.6. The fraction of sp³-hybridized carbons (Fsp3) is 0.357. The number of hydrogen-bond donors (Lipinski definition) is 2. The molecule has 3 N–H and O–H groups in total. The summed E-state index contributed by atoms with van der Waals surface area (Å²) in [5, 5.41) is 2.64. The minimum atomic E-state index is -0.595. The lowest BCUT2D eigenvalue weighted by molar-refractivity contribution is -0.119. The summed E-state index contributed by atoms with van der Waals surface area (Å²) in [4.78, 5) is 36.6. The number of urea groups is 1. The lowest BCUT2D eigenvalue weighted by atomic mass is 10.0. The van der Waals surface area contributed by atoms with E-state index in [4.69, 9.17) is 5.73 Å². The number of anilines is 1. The first-order chi connectivity index (χ1) is 9.31. The second kappa shape index (κ2) is 4.96. The molecule has 1 aliphatic rings. The van der Waals surface area contributed by atoms with Crippen molar-refractivity contribution in [2.45, 2.75) is 26.8 Å². The summed E-state index contributed by atoms with van der Waals surface area (Å²) in [5.41, 5.74) is 6.64. The van der Waals surface area contributed by atoms with Gasteiger partial charge in [0.15, 0.2) is 0 Å². The molecule has 1 saturated heterocycles. The zero-order valence-corrected chi connectivity index (χ0v) is 11.6. The molecule has 0 aromatic heterocycles. The highest BCUT2D eigenvalue weighted by atomic mass is 16.2. The number of nitrogens with zero attached hydrogens (tertiary/aromatic N) is 1. The summed E-state index contributed by atoms with van der Waals surface area (Å²) >= 11 is 0. The molecule has 1 fully saturated rings. The van der Waals surface area contributed by atoms with Crippen LogP contribution in [0.15, 0.2) is 18.2 Å². The van der Waals surface area contributed by atoms with Gasteiger partial charge in [0.1, 0.15) is 6.04 Å². The molecule has 1 aromatic rings. The summed E-state index contributed by atoms with van der Waals surface area (Å²) in [6, 6.07) is 3.72. The number of nitrogens with one attached hydrogen (secondary N) is 1. The van der Waals surface area contributed by atoms with Gasteiger partial charge in [0, 0.05) is 5.56 Å². The monoisotopic (exact) mass is 275 g/mol. The van der Waals surface area contributed by atoms with Crippen molar-refractivity contribution in [3.05, 3.63) is 29.3 Å². The summed E-state index contributed by atoms with van der Waals surface area (Å²) in [6.45, 7) is 5.49. The maximum atomic E-state index is 12.3. The van der Waals surface area contributed by atoms with Crippen molar-refractivity contribution >= 4 is 23.5 Å². The number of hydrogen-bond acceptors (Lipinski definition) is 3. The van der Waals surface area contributed by atoms with Crippen molar-refractivity contribution in [1.82, 2.24) is 5.32 Å². The first-order valence-electron chi connectivity index (χ1n) is 6.37. The number of aryl methyl sites for hydroxylation is 1. The van der Waals surface area contributed by atoms with Crippen molar-refractivity contribution in [1.29, 1.82) is 0 Å². The van der Waals surface area contributed by atoms with E-state index in [1.807, 2.05) is 13.8 Å². The topological polar surface area (TPSA) is 92.5 Å². The summed E-state index contributed by atoms with van der Waals surface area (Å²) in [7, 11) is 0. The van der Waals surface area contributed by atoms with Gasteiger partial charge in [-0.1, -0.05) is 13.8 Å². The summed E-state index contributed by atoms with van der Waals surface area (Å²) < 4.78 is 0. The zero-order chi connectivity index (χ0) is 15.0. The van der Waals surface area contributed by atoms with Crippen LogP contribution in [0.5, 0.6) is 0 Å². The molecule has 1 aliphatic heterocycles. The number of amides is 4. The predicted molar refractivity (Wildman–Crippen MR) is 74.3 cm³/mol. The molecule has 6 heteroatoms. The SMILES string of the molecule is Cc1cc(C(N)=O)cc(N2C(=O)N[C@@H](C(C)C)C2=O)c1. The third-order valence-electron chi connectivity index (χ3n) is 3.24. The van der Waals surface area contributed by atoms with Gasteiger partial charge in [-0.05, 0) is 36.6 Å². The van der Waals surface area contributed by atoms with Gasteiger partial charge in [0.05, 0.1) is 5.69 Å². The molecule has 20 heavy (non-hydrogen) atoms. The van der Waals surface area contributed by atoms with Crippen LogP contribution in [0.2, 0.25) is 0 Å². The lowest BCUT2D eigenvalue weighted by Crippen LogP contribution is -2.34. The minimum Gasteiger partial charge on any atom is -0.366 e. The van der Waals surface area contributed by atoms with Crippen molar-refractivity contribution in [2.24, 2.45) is 11.7 Å². The van der Waals surface area contributed by atoms with Crippen molar-refractivity contribution in [2.75, 3.05) is 4.90 Å². The molecule has 0 bridgehead atoms. The van der Waals surface area contributed by atoms with E-state index in [2.05, 4.69) is 5.32 Å². The standard InChI is InChI=1S/C14H17N3O3/c1-7(2)11-13(19)17(14(20)16-11)10-5-8(3)4-9(6-10)12(15)18/h4-7,11H,1-3H3,(H2,15,18)(H,16,20)/t11-/m0/s1. The molecule has 6 nitrogen and oxygen atoms in total. The smallest absolute Gasteiger partial charge is 0.329 e. The van der Waals surface area contributed by atoms with E-state index >= 15 is 0 Å². The zero-order valence-electron chi connectivity index (χ0n) is 11.6. The fourth-order valence-corrected chi connectivity index (χ4v) is 2.23. The van der Waals surface area contributed by atoms with Crippen molar-refractivity contribution in [3.63, 3.8) is 0 Å². The first kappa shape index (κ1) is 14.0. The van der Waals surface area contributed by atoms with E-state index in [9.17, 15) is 14.4 Å². The molecular weight excluding hydrogens is 258 g/mol. The Bertz CT molecular complexity index is 595. The molecular formula is C14H17N3O3. The average molecular weight is 275 g/mol. The van der Waals surface area contributed by atoms with Crippen molar-refractivity contribution < 1.29 is 14.4 Å². The van der Waals surface area contributed by atoms with Crippen molar-refractivity contribution in [3.8, 4) is 0 Å². The highest BCUT2D eigenvalue weighted by molar-refractivity contribution is 6.21. The second-order valence-corrected chi connectivity index (χ2v) is 5.27. The molecule has 1 aromatic carbocycles. The number of imide groups is 1. The van der Waals surface area contributed by atoms with Gasteiger partial charge in [0.25, 0.3) is 5.91 Å². The van der Waals surface area contributed by atoms with E-state index in [1.54, 1.807) is 19.1 Å². The number of rotatable bonds is 3. The highest BCUT2D eigenvalue weighted by Crippen LogP contribution is 2.24. The number of nitrogens with two attached hydrogens (primary N) is 1. The van der Waals surface area contributed by atoms with Gasteiger partial charge >= 0.3 is 6.03 Å². The Labute approximate surface area is 116 Å². The molecule has 0 spiro atoms. The van der Waals surface area contributed by atoms with Crippen LogP contribution in [0.25, 0.3) is 0 Å². The number of benzene rings is 1. The predicted octanol–water partition coefficient (Wildman–Crippen LogP) is 1.17. The average Bonchev–Trinajstić information content (AvgIpc) is 2.64. The second-order valence-electron chi connectivity index (χ2n) is 5.27. The Morgan fingerprint density at radius 2 is 1.95 bits per heavy atom. The van der Waals surface area contributed by atoms with Gasteiger partial charge in [-0.3, -0.25) is 9.59 Å². The molecule has 0 aliphatic carbocycles. The summed E-state index contributed by atoms with van der Waals surface area (Å²) in [5.74, 6) is -0.912. The van der Waals surface area contributed by atoms with E-state index in [0.717, 1.165) is 10.5 Å². The molecule has 0 saturated carbocycles. The number of carbonyl (C=O) groups excluding carboxylic acids is 3. The largest absolute Gasteiger partial charge is 0.366 e. The van der Waals surface area contributed by atoms with Crippen LogP contribution in [0.4, 0.5) is 10.5 Å². The van der Waals surface area contributed by atoms with Crippen LogP contribution in [-0.2, 0) is 4.79 Å². The van der Waals surface area contributed by atoms with Crippen LogP contribution in [0.3, 0.4) is 0 Å². The summed E-state index contributed by atoms with van der Waals surface area (Å²) in [6.07, 6.45) is 0. The van der Waals surface area contributed by atoms with Crippen LogP contribution in [-0.4, -0.2) is 23.9 Å². The highest BCUT2D eigenvalue weighted by Gasteiger charge is 2.40. The molecule has 106 valence electrons. The Morgan fingerprint density at radius 3 is 2.45 bits per heavy atom. The van der Waals surface area contributed by atoms with Gasteiger partial charge in [0.2, 0.25) is 5.91 Å². The van der Waals surface area contributed by atoms with E-state index in [0.29, 0.717) is 5.69 Å². The van der Waals surface area contributed by atoms with Gasteiger partial charge in [-0.15, -0.1) is 0 Å². The Hall–Kier alpha value is -2.37. The molecule has 0 radical (unpaired) electrons. The number of carbonyl (C=O) groups is 3. The quantitative estimate of drug-likeness (QED) is 0.811. The van der Waals surface area contributed by atoms with Gasteiger partial charge in [-0.2, -0.15) is 0 Å². The third kappa shape index (κ3) is 2.36. The van der Waals surface area contributed by atoms with E-state index < -0.39 is 18.0 Å². The van der Waals surface area contributed by atoms with E-state index in [-0.39, 0.29) is 17.4 Å². The van der Waals surface area contributed by atoms with Crippen LogP contribution >= 0.6 is 0 Å². The Balaban J connectivity index is 2.44. The maximum absolute atomic E-state index is 12.3. The number of primary amides is 1. The van der Waals surface area contributed by atoms with E-state index in [1.165, 1.54) is 6.07 Å². The Morgan fingerprint density at radius 1 is 1.30 bits per heavy atom. The molecule has 4 amide bonds. The minimum absolute atomic E-state index is 0.00290.